The molecule has 0 aliphatic carbocycles. The quantitative estimate of drug-likeness (QED) is 0.772. The predicted octanol–water partition coefficient (Wildman–Crippen LogP) is 1.12. The van der Waals surface area contributed by atoms with Crippen LogP contribution in [0.1, 0.15) is 18.4 Å². The van der Waals surface area contributed by atoms with Gasteiger partial charge in [0, 0.05) is 6.04 Å². The fourth-order valence-electron chi connectivity index (χ4n) is 2.29. The fraction of sp³-hybridized carbons (Fsp3) is 0.308. The molecule has 81 valence electrons. The van der Waals surface area contributed by atoms with Crippen molar-refractivity contribution in [1.82, 2.24) is 15.8 Å². The Hall–Kier alpha value is -1.77. The number of hydrogen-bond acceptors (Lipinski definition) is 3. The number of allylic oxidation sites excluding steroid dienone is 2. The highest BCUT2D eigenvalue weighted by Gasteiger charge is 2.27. The van der Waals surface area contributed by atoms with Gasteiger partial charge in [-0.05, 0) is 24.8 Å². The van der Waals surface area contributed by atoms with Crippen molar-refractivity contribution in [2.75, 3.05) is 0 Å². The van der Waals surface area contributed by atoms with E-state index in [1.807, 2.05) is 6.21 Å². The highest BCUT2D eigenvalue weighted by Crippen LogP contribution is 2.19. The highest BCUT2D eigenvalue weighted by molar-refractivity contribution is 5.80. The van der Waals surface area contributed by atoms with E-state index in [1.165, 1.54) is 23.4 Å². The number of benzene rings is 1. The summed E-state index contributed by atoms with van der Waals surface area (Å²) < 4.78 is 0. The number of nitrogens with one attached hydrogen (secondary N) is 2. The molecule has 0 aromatic heterocycles. The summed E-state index contributed by atoms with van der Waals surface area (Å²) in [7, 11) is 0. The molecule has 0 fully saturated rings. The van der Waals surface area contributed by atoms with E-state index < -0.39 is 0 Å². The van der Waals surface area contributed by atoms with Crippen molar-refractivity contribution in [3.05, 3.63) is 47.3 Å². The summed E-state index contributed by atoms with van der Waals surface area (Å²) in [5, 5.41) is 7.59. The van der Waals surface area contributed by atoms with E-state index in [0.717, 1.165) is 12.8 Å². The van der Waals surface area contributed by atoms with Crippen molar-refractivity contribution in [2.45, 2.75) is 25.3 Å². The summed E-state index contributed by atoms with van der Waals surface area (Å²) in [6, 6.07) is 11.2. The number of hydrogen-bond donors (Lipinski definition) is 2. The van der Waals surface area contributed by atoms with Gasteiger partial charge in [-0.1, -0.05) is 30.3 Å². The molecular formula is C13H15N3+. The van der Waals surface area contributed by atoms with E-state index in [0.29, 0.717) is 6.04 Å². The summed E-state index contributed by atoms with van der Waals surface area (Å²) >= 11 is 0. The van der Waals surface area contributed by atoms with E-state index in [9.17, 15) is 0 Å². The minimum absolute atomic E-state index is 0.535. The Morgan fingerprint density at radius 2 is 2.12 bits per heavy atom. The number of hydrazone groups is 1. The van der Waals surface area contributed by atoms with E-state index in [1.54, 1.807) is 0 Å². The van der Waals surface area contributed by atoms with E-state index >= 15 is 0 Å². The van der Waals surface area contributed by atoms with Gasteiger partial charge in [0.2, 0.25) is 0 Å². The third kappa shape index (κ3) is 1.81. The van der Waals surface area contributed by atoms with Crippen LogP contribution in [0.25, 0.3) is 0 Å². The molecule has 3 rings (SSSR count). The smallest absolute Gasteiger partial charge is 0.300 e. The largest absolute Gasteiger partial charge is 0.375 e. The molecule has 0 bridgehead atoms. The van der Waals surface area contributed by atoms with Crippen LogP contribution in [-0.2, 0) is 6.42 Å². The Morgan fingerprint density at radius 3 is 3.00 bits per heavy atom. The molecule has 3 nitrogen and oxygen atoms in total. The number of nitrogens with zero attached hydrogens (tertiary/aromatic N) is 1. The Kier molecular flexibility index (Phi) is 2.37. The average Bonchev–Trinajstić information content (AvgIpc) is 2.77. The second-order valence-electron chi connectivity index (χ2n) is 4.33. The molecule has 2 aliphatic rings. The molecule has 1 radical (unpaired) electrons. The maximum absolute atomic E-state index is 4.06. The predicted molar refractivity (Wildman–Crippen MR) is 64.7 cm³/mol. The van der Waals surface area contributed by atoms with Gasteiger partial charge in [-0.3, -0.25) is 0 Å². The van der Waals surface area contributed by atoms with Gasteiger partial charge in [0.1, 0.15) is 11.4 Å². The van der Waals surface area contributed by atoms with Gasteiger partial charge >= 0.3 is 0 Å². The van der Waals surface area contributed by atoms with Gasteiger partial charge in [0.15, 0.2) is 5.10 Å². The molecule has 16 heavy (non-hydrogen) atoms. The summed E-state index contributed by atoms with van der Waals surface area (Å²) in [5.74, 6) is 0. The summed E-state index contributed by atoms with van der Waals surface area (Å²) in [6.07, 6.45) is 5.24. The molecule has 2 N–H and O–H groups in total. The van der Waals surface area contributed by atoms with Crippen LogP contribution in [0.4, 0.5) is 0 Å². The second kappa shape index (κ2) is 4.00. The lowest BCUT2D eigenvalue weighted by atomic mass is 9.97. The molecule has 2 heterocycles. The van der Waals surface area contributed by atoms with Gasteiger partial charge in [0.25, 0.3) is 6.21 Å². The minimum atomic E-state index is 0.535. The first kappa shape index (κ1) is 9.46. The van der Waals surface area contributed by atoms with Crippen LogP contribution >= 0.6 is 0 Å². The topological polar surface area (TPSA) is 38.2 Å². The maximum atomic E-state index is 4.06. The maximum Gasteiger partial charge on any atom is 0.300 e. The molecular weight excluding hydrogens is 198 g/mol. The number of rotatable bonds is 2. The van der Waals surface area contributed by atoms with Crippen molar-refractivity contribution in [2.24, 2.45) is 0 Å². The van der Waals surface area contributed by atoms with Crippen molar-refractivity contribution in [3.63, 3.8) is 0 Å². The molecule has 0 amide bonds. The molecule has 2 aliphatic heterocycles. The Labute approximate surface area is 95.2 Å². The molecule has 1 aromatic carbocycles. The van der Waals surface area contributed by atoms with Crippen LogP contribution < -0.4 is 15.8 Å². The van der Waals surface area contributed by atoms with Crippen molar-refractivity contribution >= 4 is 6.21 Å². The van der Waals surface area contributed by atoms with Gasteiger partial charge in [-0.2, -0.15) is 0 Å². The standard InChI is InChI=1S/C13H15N3/c1-2-4-10(5-3-1)8-11-6-7-12-13(15-11)9-14-16-12/h1-5,9,11,15-16H,6-8H2/q+1. The van der Waals surface area contributed by atoms with Crippen molar-refractivity contribution in [1.29, 1.82) is 0 Å². The average molecular weight is 213 g/mol. The van der Waals surface area contributed by atoms with E-state index in [4.69, 9.17) is 0 Å². The van der Waals surface area contributed by atoms with Crippen LogP contribution in [0, 0.1) is 0 Å². The lowest BCUT2D eigenvalue weighted by Crippen LogP contribution is -2.35. The van der Waals surface area contributed by atoms with Crippen LogP contribution in [-0.4, -0.2) is 12.3 Å². The minimum Gasteiger partial charge on any atom is -0.375 e. The molecule has 0 spiro atoms. The Bertz CT molecular complexity index is 434. The third-order valence-electron chi connectivity index (χ3n) is 3.15. The molecule has 0 saturated carbocycles. The monoisotopic (exact) mass is 213 g/mol. The summed E-state index contributed by atoms with van der Waals surface area (Å²) in [6.45, 7) is 0. The SMILES string of the molecule is C1=[N+]NC2=C1NC(Cc1ccccc1)CC2. The van der Waals surface area contributed by atoms with Crippen LogP contribution in [0.2, 0.25) is 0 Å². The molecule has 1 atom stereocenters. The second-order valence-corrected chi connectivity index (χ2v) is 4.33. The molecule has 1 unspecified atom stereocenters. The summed E-state index contributed by atoms with van der Waals surface area (Å²) in [5.41, 5.74) is 6.84. The zero-order valence-corrected chi connectivity index (χ0v) is 9.11. The first-order valence-corrected chi connectivity index (χ1v) is 5.74. The van der Waals surface area contributed by atoms with Gasteiger partial charge in [0.05, 0.1) is 0 Å². The first-order chi connectivity index (χ1) is 7.92. The van der Waals surface area contributed by atoms with E-state index in [2.05, 4.69) is 46.2 Å². The van der Waals surface area contributed by atoms with Gasteiger partial charge in [-0.25, -0.2) is 0 Å². The normalized spacial score (nSPS) is 22.6. The van der Waals surface area contributed by atoms with Crippen LogP contribution in [0.3, 0.4) is 0 Å². The zero-order chi connectivity index (χ0) is 10.8. The molecule has 1 aromatic rings. The Balaban J connectivity index is 1.68. The van der Waals surface area contributed by atoms with Crippen molar-refractivity contribution in [3.8, 4) is 0 Å². The molecule has 3 heteroatoms. The lowest BCUT2D eigenvalue weighted by molar-refractivity contribution is 0.491. The fourth-order valence-corrected chi connectivity index (χ4v) is 2.29. The van der Waals surface area contributed by atoms with Crippen LogP contribution in [0.15, 0.2) is 41.7 Å². The van der Waals surface area contributed by atoms with Crippen molar-refractivity contribution < 1.29 is 0 Å². The third-order valence-corrected chi connectivity index (χ3v) is 3.15. The lowest BCUT2D eigenvalue weighted by Gasteiger charge is -2.23. The van der Waals surface area contributed by atoms with Gasteiger partial charge in [-0.15, -0.1) is 5.43 Å². The van der Waals surface area contributed by atoms with Crippen LogP contribution in [0.5, 0.6) is 0 Å². The first-order valence-electron chi connectivity index (χ1n) is 5.74. The molecule has 0 saturated heterocycles. The Morgan fingerprint density at radius 1 is 1.25 bits per heavy atom. The van der Waals surface area contributed by atoms with Gasteiger partial charge < -0.3 is 5.32 Å². The van der Waals surface area contributed by atoms with E-state index in [-0.39, 0.29) is 0 Å². The highest BCUT2D eigenvalue weighted by atomic mass is 15.3. The zero-order valence-electron chi connectivity index (χ0n) is 9.11. The summed E-state index contributed by atoms with van der Waals surface area (Å²) in [4.78, 5) is 0.